The molecule has 6 nitrogen and oxygen atoms in total. The number of rotatable bonds is 1. The van der Waals surface area contributed by atoms with E-state index in [2.05, 4.69) is 20.6 Å². The number of para-hydroxylation sites is 2. The average Bonchev–Trinajstić information content (AvgIpc) is 3.01. The van der Waals surface area contributed by atoms with Gasteiger partial charge >= 0.3 is 0 Å². The van der Waals surface area contributed by atoms with Crippen LogP contribution >= 0.6 is 11.3 Å². The van der Waals surface area contributed by atoms with E-state index in [1.165, 1.54) is 11.3 Å². The molecule has 4 rings (SSSR count). The number of benzene rings is 1. The molecule has 7 heteroatoms. The molecular weight excluding hydrogens is 262 g/mol. The minimum Gasteiger partial charge on any atom is -0.479 e. The van der Waals surface area contributed by atoms with Gasteiger partial charge in [0.15, 0.2) is 16.9 Å². The lowest BCUT2D eigenvalue weighted by atomic mass is 10.2. The summed E-state index contributed by atoms with van der Waals surface area (Å²) in [5, 5.41) is 16.8. The third-order valence-electron chi connectivity index (χ3n) is 3.07. The molecule has 1 unspecified atom stereocenters. The Balaban J connectivity index is 1.70. The van der Waals surface area contributed by atoms with Crippen molar-refractivity contribution in [1.82, 2.24) is 19.8 Å². The first-order valence-corrected chi connectivity index (χ1v) is 6.81. The van der Waals surface area contributed by atoms with Crippen LogP contribution in [0.2, 0.25) is 0 Å². The van der Waals surface area contributed by atoms with Crippen molar-refractivity contribution in [3.63, 3.8) is 0 Å². The molecule has 0 fully saturated rings. The molecule has 96 valence electrons. The van der Waals surface area contributed by atoms with Crippen LogP contribution in [0.15, 0.2) is 24.3 Å². The maximum absolute atomic E-state index is 5.98. The minimum atomic E-state index is -0.0824. The van der Waals surface area contributed by atoms with Crippen molar-refractivity contribution < 1.29 is 4.74 Å². The second kappa shape index (κ2) is 3.92. The molecule has 1 N–H and O–H groups in total. The standard InChI is InChI=1S/C12H11N5OS/c1-7-14-15-12-17(7)16-11(19-12)10-6-13-8-4-2-3-5-9(8)18-10/h2-5,10,13H,6H2,1H3. The highest BCUT2D eigenvalue weighted by Gasteiger charge is 2.24. The van der Waals surface area contributed by atoms with Crippen molar-refractivity contribution >= 4 is 22.0 Å². The summed E-state index contributed by atoms with van der Waals surface area (Å²) < 4.78 is 7.73. The number of aryl methyl sites for hydroxylation is 1. The van der Waals surface area contributed by atoms with Gasteiger partial charge < -0.3 is 10.1 Å². The van der Waals surface area contributed by atoms with E-state index in [0.717, 1.165) is 27.2 Å². The molecule has 1 aliphatic heterocycles. The van der Waals surface area contributed by atoms with E-state index in [0.29, 0.717) is 6.54 Å². The van der Waals surface area contributed by atoms with Crippen molar-refractivity contribution in [2.75, 3.05) is 11.9 Å². The van der Waals surface area contributed by atoms with E-state index in [1.807, 2.05) is 31.2 Å². The number of aromatic nitrogens is 4. The molecule has 1 atom stereocenters. The van der Waals surface area contributed by atoms with Crippen molar-refractivity contribution in [2.45, 2.75) is 13.0 Å². The van der Waals surface area contributed by atoms with Gasteiger partial charge in [-0.25, -0.2) is 0 Å². The molecule has 0 bridgehead atoms. The maximum Gasteiger partial charge on any atom is 0.234 e. The highest BCUT2D eigenvalue weighted by Crippen LogP contribution is 2.34. The molecule has 1 aromatic carbocycles. The second-order valence-corrected chi connectivity index (χ2v) is 5.35. The van der Waals surface area contributed by atoms with Crippen molar-refractivity contribution in [3.05, 3.63) is 35.1 Å². The molecule has 1 aliphatic rings. The van der Waals surface area contributed by atoms with Gasteiger partial charge in [-0.2, -0.15) is 9.61 Å². The number of fused-ring (bicyclic) bond motifs is 2. The second-order valence-electron chi connectivity index (χ2n) is 4.37. The number of ether oxygens (including phenoxy) is 1. The Labute approximate surface area is 113 Å². The number of anilines is 1. The minimum absolute atomic E-state index is 0.0824. The number of hydrogen-bond donors (Lipinski definition) is 1. The Morgan fingerprint density at radius 1 is 1.37 bits per heavy atom. The summed E-state index contributed by atoms with van der Waals surface area (Å²) in [6.07, 6.45) is -0.0824. The van der Waals surface area contributed by atoms with Gasteiger partial charge in [-0.1, -0.05) is 23.5 Å². The molecule has 3 aromatic rings. The summed E-state index contributed by atoms with van der Waals surface area (Å²) in [6, 6.07) is 7.92. The van der Waals surface area contributed by atoms with Crippen LogP contribution < -0.4 is 10.1 Å². The van der Waals surface area contributed by atoms with Gasteiger partial charge in [0.05, 0.1) is 12.2 Å². The fraction of sp³-hybridized carbons (Fsp3) is 0.250. The Morgan fingerprint density at radius 2 is 2.26 bits per heavy atom. The van der Waals surface area contributed by atoms with Gasteiger partial charge in [0.2, 0.25) is 4.96 Å². The third-order valence-corrected chi connectivity index (χ3v) is 4.06. The molecule has 0 amide bonds. The van der Waals surface area contributed by atoms with Gasteiger partial charge in [0, 0.05) is 0 Å². The van der Waals surface area contributed by atoms with Crippen molar-refractivity contribution in [1.29, 1.82) is 0 Å². The van der Waals surface area contributed by atoms with Crippen LogP contribution in [0.1, 0.15) is 16.9 Å². The summed E-state index contributed by atoms with van der Waals surface area (Å²) in [5.41, 5.74) is 1.03. The van der Waals surface area contributed by atoms with E-state index in [4.69, 9.17) is 4.74 Å². The molecule has 2 aromatic heterocycles. The Hall–Kier alpha value is -2.15. The lowest BCUT2D eigenvalue weighted by molar-refractivity contribution is 0.208. The monoisotopic (exact) mass is 273 g/mol. The zero-order chi connectivity index (χ0) is 12.8. The first-order chi connectivity index (χ1) is 9.31. The van der Waals surface area contributed by atoms with Gasteiger partial charge in [0.1, 0.15) is 5.75 Å². The van der Waals surface area contributed by atoms with Crippen LogP contribution in [-0.2, 0) is 0 Å². The molecule has 0 saturated heterocycles. The number of hydrogen-bond acceptors (Lipinski definition) is 6. The zero-order valence-electron chi connectivity index (χ0n) is 10.2. The SMILES string of the molecule is Cc1nnc2sc(C3CNc4ccccc4O3)nn12. The van der Waals surface area contributed by atoms with Gasteiger partial charge in [-0.3, -0.25) is 0 Å². The van der Waals surface area contributed by atoms with Crippen LogP contribution in [0, 0.1) is 6.92 Å². The summed E-state index contributed by atoms with van der Waals surface area (Å²) in [4.78, 5) is 0.801. The van der Waals surface area contributed by atoms with Crippen LogP contribution in [-0.4, -0.2) is 26.4 Å². The number of nitrogens with zero attached hydrogens (tertiary/aromatic N) is 4. The van der Waals surface area contributed by atoms with Gasteiger partial charge in [-0.15, -0.1) is 10.2 Å². The maximum atomic E-state index is 5.98. The predicted molar refractivity (Wildman–Crippen MR) is 71.7 cm³/mol. The van der Waals surface area contributed by atoms with E-state index in [9.17, 15) is 0 Å². The summed E-state index contributed by atoms with van der Waals surface area (Å²) in [5.74, 6) is 1.66. The van der Waals surface area contributed by atoms with E-state index >= 15 is 0 Å². The fourth-order valence-electron chi connectivity index (χ4n) is 2.11. The highest BCUT2D eigenvalue weighted by molar-refractivity contribution is 7.16. The highest BCUT2D eigenvalue weighted by atomic mass is 32.1. The van der Waals surface area contributed by atoms with Crippen LogP contribution in [0.4, 0.5) is 5.69 Å². The summed E-state index contributed by atoms with van der Waals surface area (Å²) >= 11 is 1.51. The molecule has 19 heavy (non-hydrogen) atoms. The lowest BCUT2D eigenvalue weighted by Crippen LogP contribution is -2.23. The smallest absolute Gasteiger partial charge is 0.234 e. The van der Waals surface area contributed by atoms with Crippen LogP contribution in [0.5, 0.6) is 5.75 Å². The molecule has 0 spiro atoms. The topological polar surface area (TPSA) is 64.3 Å². The summed E-state index contributed by atoms with van der Waals surface area (Å²) in [6.45, 7) is 2.60. The van der Waals surface area contributed by atoms with Crippen molar-refractivity contribution in [2.24, 2.45) is 0 Å². The van der Waals surface area contributed by atoms with Gasteiger partial charge in [-0.05, 0) is 19.1 Å². The average molecular weight is 273 g/mol. The first kappa shape index (κ1) is 10.7. The quantitative estimate of drug-likeness (QED) is 0.735. The van der Waals surface area contributed by atoms with E-state index in [1.54, 1.807) is 4.52 Å². The zero-order valence-corrected chi connectivity index (χ0v) is 11.0. The van der Waals surface area contributed by atoms with Gasteiger partial charge in [0.25, 0.3) is 0 Å². The molecule has 0 aliphatic carbocycles. The number of nitrogens with one attached hydrogen (secondary N) is 1. The molecule has 0 saturated carbocycles. The lowest BCUT2D eigenvalue weighted by Gasteiger charge is -2.25. The largest absolute Gasteiger partial charge is 0.479 e. The normalized spacial score (nSPS) is 17.8. The molecule has 0 radical (unpaired) electrons. The Kier molecular flexibility index (Phi) is 2.22. The third kappa shape index (κ3) is 1.66. The Bertz CT molecular complexity index is 750. The summed E-state index contributed by atoms with van der Waals surface area (Å²) in [7, 11) is 0. The predicted octanol–water partition coefficient (Wildman–Crippen LogP) is 2.04. The fourth-order valence-corrected chi connectivity index (χ4v) is 3.02. The molecule has 3 heterocycles. The van der Waals surface area contributed by atoms with Crippen LogP contribution in [0.25, 0.3) is 4.96 Å². The van der Waals surface area contributed by atoms with E-state index in [-0.39, 0.29) is 6.10 Å². The van der Waals surface area contributed by atoms with Crippen molar-refractivity contribution in [3.8, 4) is 5.75 Å². The molecular formula is C12H11N5OS. The Morgan fingerprint density at radius 3 is 3.16 bits per heavy atom. The van der Waals surface area contributed by atoms with Crippen LogP contribution in [0.3, 0.4) is 0 Å². The van der Waals surface area contributed by atoms with E-state index < -0.39 is 0 Å². The first-order valence-electron chi connectivity index (χ1n) is 5.99.